The van der Waals surface area contributed by atoms with Gasteiger partial charge in [0.2, 0.25) is 11.9 Å². The van der Waals surface area contributed by atoms with Gasteiger partial charge in [0.05, 0.1) is 17.4 Å². The molecule has 0 aliphatic heterocycles. The maximum Gasteiger partial charge on any atom is 0.248 e. The molecule has 2 heterocycles. The van der Waals surface area contributed by atoms with Gasteiger partial charge in [-0.15, -0.1) is 5.10 Å². The fourth-order valence-corrected chi connectivity index (χ4v) is 2.21. The summed E-state index contributed by atoms with van der Waals surface area (Å²) >= 11 is 0. The summed E-state index contributed by atoms with van der Waals surface area (Å²) in [5.74, 6) is 0.343. The van der Waals surface area contributed by atoms with E-state index in [-0.39, 0.29) is 18.5 Å². The molecule has 1 aromatic carbocycles. The summed E-state index contributed by atoms with van der Waals surface area (Å²) in [6.07, 6.45) is 2.82. The Hall–Kier alpha value is -2.74. The summed E-state index contributed by atoms with van der Waals surface area (Å²) in [7, 11) is 0. The molecule has 0 aliphatic carbocycles. The number of H-pyrrole nitrogens is 1. The molecule has 3 N–H and O–H groups in total. The van der Waals surface area contributed by atoms with E-state index < -0.39 is 0 Å². The van der Waals surface area contributed by atoms with E-state index in [4.69, 9.17) is 5.11 Å². The van der Waals surface area contributed by atoms with Crippen molar-refractivity contribution in [3.63, 3.8) is 0 Å². The van der Waals surface area contributed by atoms with Crippen LogP contribution >= 0.6 is 0 Å². The number of hydrogen-bond acceptors (Lipinski definition) is 5. The smallest absolute Gasteiger partial charge is 0.248 e. The zero-order valence-corrected chi connectivity index (χ0v) is 11.9. The number of para-hydroxylation sites is 2. The number of aliphatic hydroxyl groups is 1. The Kier molecular flexibility index (Phi) is 4.10. The van der Waals surface area contributed by atoms with Gasteiger partial charge in [0.15, 0.2) is 5.82 Å². The zero-order valence-electron chi connectivity index (χ0n) is 11.9. The molecule has 8 heteroatoms. The van der Waals surface area contributed by atoms with Crippen molar-refractivity contribution in [3.8, 4) is 0 Å². The summed E-state index contributed by atoms with van der Waals surface area (Å²) in [5, 5.41) is 17.8. The predicted octanol–water partition coefficient (Wildman–Crippen LogP) is 1.07. The lowest BCUT2D eigenvalue weighted by Crippen LogP contribution is -2.13. The average molecular weight is 300 g/mol. The third-order valence-corrected chi connectivity index (χ3v) is 3.26. The molecule has 8 nitrogen and oxygen atoms in total. The minimum Gasteiger partial charge on any atom is -0.388 e. The zero-order chi connectivity index (χ0) is 15.4. The van der Waals surface area contributed by atoms with Crippen LogP contribution in [0.25, 0.3) is 11.0 Å². The molecule has 0 saturated carbocycles. The summed E-state index contributed by atoms with van der Waals surface area (Å²) in [4.78, 5) is 20.0. The van der Waals surface area contributed by atoms with Crippen molar-refractivity contribution in [1.82, 2.24) is 24.7 Å². The van der Waals surface area contributed by atoms with Crippen molar-refractivity contribution in [3.05, 3.63) is 36.4 Å². The first-order valence-corrected chi connectivity index (χ1v) is 6.98. The van der Waals surface area contributed by atoms with E-state index in [1.165, 1.54) is 0 Å². The minimum absolute atomic E-state index is 0.159. The van der Waals surface area contributed by atoms with Crippen molar-refractivity contribution >= 4 is 22.9 Å². The third kappa shape index (κ3) is 3.12. The Morgan fingerprint density at radius 3 is 3.05 bits per heavy atom. The number of imidazole rings is 1. The van der Waals surface area contributed by atoms with Crippen LogP contribution in [-0.4, -0.2) is 35.7 Å². The number of fused-ring (bicyclic) bond motifs is 1. The molecule has 0 fully saturated rings. The van der Waals surface area contributed by atoms with Crippen LogP contribution in [0.2, 0.25) is 0 Å². The van der Waals surface area contributed by atoms with Crippen LogP contribution in [0.5, 0.6) is 0 Å². The van der Waals surface area contributed by atoms with Gasteiger partial charge in [-0.2, -0.15) is 4.98 Å². The highest BCUT2D eigenvalue weighted by Gasteiger charge is 2.08. The maximum atomic E-state index is 11.8. The number of aryl methyl sites for hydroxylation is 1. The lowest BCUT2D eigenvalue weighted by Gasteiger charge is -2.04. The molecule has 3 aromatic rings. The van der Waals surface area contributed by atoms with E-state index in [1.807, 2.05) is 28.8 Å². The summed E-state index contributed by atoms with van der Waals surface area (Å²) < 4.78 is 2.03. The number of benzene rings is 1. The standard InChI is InChI=1S/C14H16N6O2/c21-8-12-16-14(19-18-12)17-13(22)6-3-7-20-9-15-10-4-1-2-5-11(10)20/h1-2,4-5,9,21H,3,6-8H2,(H2,16,17,18,19,22). The summed E-state index contributed by atoms with van der Waals surface area (Å²) in [6.45, 7) is 0.473. The van der Waals surface area contributed by atoms with Gasteiger partial charge in [0, 0.05) is 13.0 Å². The van der Waals surface area contributed by atoms with Crippen LogP contribution in [-0.2, 0) is 17.9 Å². The van der Waals surface area contributed by atoms with Crippen molar-refractivity contribution in [2.75, 3.05) is 5.32 Å². The fourth-order valence-electron chi connectivity index (χ4n) is 2.21. The first-order valence-electron chi connectivity index (χ1n) is 6.98. The normalized spacial score (nSPS) is 11.0. The Balaban J connectivity index is 1.51. The number of carbonyl (C=O) groups excluding carboxylic acids is 1. The quantitative estimate of drug-likeness (QED) is 0.631. The largest absolute Gasteiger partial charge is 0.388 e. The average Bonchev–Trinajstić information content (AvgIpc) is 3.14. The van der Waals surface area contributed by atoms with Crippen LogP contribution < -0.4 is 5.32 Å². The number of aliphatic hydroxyl groups excluding tert-OH is 1. The molecule has 0 radical (unpaired) electrons. The molecule has 0 saturated heterocycles. The molecule has 0 aliphatic rings. The molecule has 2 aromatic heterocycles. The third-order valence-electron chi connectivity index (χ3n) is 3.26. The van der Waals surface area contributed by atoms with Crippen molar-refractivity contribution in [2.45, 2.75) is 26.0 Å². The number of anilines is 1. The van der Waals surface area contributed by atoms with E-state index in [0.29, 0.717) is 25.2 Å². The van der Waals surface area contributed by atoms with Gasteiger partial charge in [0.1, 0.15) is 6.61 Å². The van der Waals surface area contributed by atoms with E-state index in [1.54, 1.807) is 6.33 Å². The van der Waals surface area contributed by atoms with Gasteiger partial charge in [-0.3, -0.25) is 15.2 Å². The lowest BCUT2D eigenvalue weighted by atomic mass is 10.2. The number of nitrogens with one attached hydrogen (secondary N) is 2. The Morgan fingerprint density at radius 1 is 1.36 bits per heavy atom. The molecule has 1 amide bonds. The maximum absolute atomic E-state index is 11.8. The highest BCUT2D eigenvalue weighted by atomic mass is 16.3. The highest BCUT2D eigenvalue weighted by Crippen LogP contribution is 2.12. The van der Waals surface area contributed by atoms with Crippen LogP contribution in [0.15, 0.2) is 30.6 Å². The predicted molar refractivity (Wildman–Crippen MR) is 79.9 cm³/mol. The van der Waals surface area contributed by atoms with Gasteiger partial charge in [-0.1, -0.05) is 12.1 Å². The number of aromatic nitrogens is 5. The fraction of sp³-hybridized carbons (Fsp3) is 0.286. The van der Waals surface area contributed by atoms with Crippen molar-refractivity contribution in [2.24, 2.45) is 0 Å². The van der Waals surface area contributed by atoms with E-state index in [0.717, 1.165) is 11.0 Å². The molecule has 0 unspecified atom stereocenters. The van der Waals surface area contributed by atoms with Crippen LogP contribution in [0, 0.1) is 0 Å². The molecule has 114 valence electrons. The molecular formula is C14H16N6O2. The van der Waals surface area contributed by atoms with Gasteiger partial charge in [-0.25, -0.2) is 4.98 Å². The van der Waals surface area contributed by atoms with Gasteiger partial charge < -0.3 is 9.67 Å². The highest BCUT2D eigenvalue weighted by molar-refractivity contribution is 5.88. The SMILES string of the molecule is O=C(CCCn1cnc2ccccc21)Nc1n[nH]c(CO)n1. The number of hydrogen-bond donors (Lipinski definition) is 3. The second-order valence-corrected chi connectivity index (χ2v) is 4.84. The molecule has 0 bridgehead atoms. The number of rotatable bonds is 6. The molecule has 0 spiro atoms. The summed E-state index contributed by atoms with van der Waals surface area (Å²) in [5.41, 5.74) is 2.01. The first-order chi connectivity index (χ1) is 10.8. The second-order valence-electron chi connectivity index (χ2n) is 4.84. The van der Waals surface area contributed by atoms with E-state index in [2.05, 4.69) is 25.5 Å². The topological polar surface area (TPSA) is 109 Å². The molecular weight excluding hydrogens is 284 g/mol. The molecule has 0 atom stereocenters. The second kappa shape index (κ2) is 6.35. The van der Waals surface area contributed by atoms with Gasteiger partial charge >= 0.3 is 0 Å². The van der Waals surface area contributed by atoms with Gasteiger partial charge in [0.25, 0.3) is 0 Å². The van der Waals surface area contributed by atoms with Crippen molar-refractivity contribution in [1.29, 1.82) is 0 Å². The summed E-state index contributed by atoms with van der Waals surface area (Å²) in [6, 6.07) is 7.88. The van der Waals surface area contributed by atoms with E-state index in [9.17, 15) is 4.79 Å². The number of nitrogens with zero attached hydrogens (tertiary/aromatic N) is 4. The van der Waals surface area contributed by atoms with Crippen LogP contribution in [0.4, 0.5) is 5.95 Å². The molecule has 22 heavy (non-hydrogen) atoms. The monoisotopic (exact) mass is 300 g/mol. The number of amides is 1. The van der Waals surface area contributed by atoms with Gasteiger partial charge in [-0.05, 0) is 18.6 Å². The van der Waals surface area contributed by atoms with Crippen LogP contribution in [0.1, 0.15) is 18.7 Å². The van der Waals surface area contributed by atoms with E-state index >= 15 is 0 Å². The van der Waals surface area contributed by atoms with Crippen LogP contribution in [0.3, 0.4) is 0 Å². The number of aromatic amines is 1. The Labute approximate surface area is 126 Å². The number of carbonyl (C=O) groups is 1. The Morgan fingerprint density at radius 2 is 2.23 bits per heavy atom. The minimum atomic E-state index is -0.240. The van der Waals surface area contributed by atoms with Crippen molar-refractivity contribution < 1.29 is 9.90 Å². The Bertz CT molecular complexity index is 778. The first kappa shape index (κ1) is 14.2. The molecule has 3 rings (SSSR count). The lowest BCUT2D eigenvalue weighted by molar-refractivity contribution is -0.116.